The topological polar surface area (TPSA) is 96.8 Å². The highest BCUT2D eigenvalue weighted by molar-refractivity contribution is 5.97. The van der Waals surface area contributed by atoms with Gasteiger partial charge < -0.3 is 4.90 Å². The summed E-state index contributed by atoms with van der Waals surface area (Å²) in [7, 11) is 1.89. The van der Waals surface area contributed by atoms with Crippen LogP contribution >= 0.6 is 0 Å². The van der Waals surface area contributed by atoms with Crippen LogP contribution in [-0.4, -0.2) is 54.6 Å². The first-order chi connectivity index (χ1) is 13.4. The second kappa shape index (κ2) is 7.03. The summed E-state index contributed by atoms with van der Waals surface area (Å²) in [6.07, 6.45) is 4.67. The SMILES string of the molecule is CC(=O)c1cc(C(=O)N2CCC(c3cc(-c4cnn(C)c4)cc(C)n3)C2)[nH]n1. The fourth-order valence-electron chi connectivity index (χ4n) is 3.61. The van der Waals surface area contributed by atoms with Gasteiger partial charge in [0.1, 0.15) is 11.4 Å². The molecule has 1 unspecified atom stereocenters. The molecule has 4 rings (SSSR count). The van der Waals surface area contributed by atoms with Gasteiger partial charge in [-0.1, -0.05) is 0 Å². The minimum Gasteiger partial charge on any atom is -0.337 e. The molecular weight excluding hydrogens is 356 g/mol. The number of ketones is 1. The Bertz CT molecular complexity index is 1050. The van der Waals surface area contributed by atoms with Crippen LogP contribution in [0.3, 0.4) is 0 Å². The molecule has 1 aliphatic rings. The van der Waals surface area contributed by atoms with Gasteiger partial charge in [-0.15, -0.1) is 0 Å². The molecule has 1 fully saturated rings. The van der Waals surface area contributed by atoms with Crippen LogP contribution < -0.4 is 0 Å². The van der Waals surface area contributed by atoms with Gasteiger partial charge in [-0.05, 0) is 37.1 Å². The first-order valence-electron chi connectivity index (χ1n) is 9.24. The summed E-state index contributed by atoms with van der Waals surface area (Å²) in [4.78, 5) is 30.6. The molecule has 0 bridgehead atoms. The number of hydrogen-bond acceptors (Lipinski definition) is 5. The maximum absolute atomic E-state index is 12.7. The molecule has 1 saturated heterocycles. The number of carbonyl (C=O) groups is 2. The van der Waals surface area contributed by atoms with Gasteiger partial charge in [0, 0.05) is 56.1 Å². The van der Waals surface area contributed by atoms with Gasteiger partial charge in [0.15, 0.2) is 5.78 Å². The molecule has 1 atom stereocenters. The average molecular weight is 378 g/mol. The molecule has 1 amide bonds. The molecule has 0 radical (unpaired) electrons. The van der Waals surface area contributed by atoms with E-state index in [4.69, 9.17) is 4.98 Å². The largest absolute Gasteiger partial charge is 0.337 e. The molecule has 1 aliphatic heterocycles. The molecule has 8 heteroatoms. The lowest BCUT2D eigenvalue weighted by Gasteiger charge is -2.16. The zero-order valence-electron chi connectivity index (χ0n) is 16.1. The number of likely N-dealkylation sites (tertiary alicyclic amines) is 1. The Hall–Kier alpha value is -3.29. The first kappa shape index (κ1) is 18.1. The van der Waals surface area contributed by atoms with E-state index in [0.717, 1.165) is 28.9 Å². The fraction of sp³-hybridized carbons (Fsp3) is 0.350. The molecule has 3 aromatic heterocycles. The van der Waals surface area contributed by atoms with Crippen LogP contribution in [0.15, 0.2) is 30.6 Å². The van der Waals surface area contributed by atoms with Gasteiger partial charge in [0.05, 0.1) is 6.20 Å². The van der Waals surface area contributed by atoms with E-state index in [2.05, 4.69) is 21.4 Å². The van der Waals surface area contributed by atoms with Crippen LogP contribution in [0.4, 0.5) is 0 Å². The Morgan fingerprint density at radius 3 is 2.71 bits per heavy atom. The van der Waals surface area contributed by atoms with Gasteiger partial charge >= 0.3 is 0 Å². The third kappa shape index (κ3) is 3.45. The molecule has 4 heterocycles. The first-order valence-corrected chi connectivity index (χ1v) is 9.24. The smallest absolute Gasteiger partial charge is 0.271 e. The van der Waals surface area contributed by atoms with Crippen LogP contribution in [0, 0.1) is 6.92 Å². The molecule has 28 heavy (non-hydrogen) atoms. The second-order valence-corrected chi connectivity index (χ2v) is 7.28. The molecule has 0 aliphatic carbocycles. The summed E-state index contributed by atoms with van der Waals surface area (Å²) in [5.41, 5.74) is 4.69. The lowest BCUT2D eigenvalue weighted by atomic mass is 10.00. The Labute approximate surface area is 162 Å². The third-order valence-corrected chi connectivity index (χ3v) is 5.07. The van der Waals surface area contributed by atoms with E-state index in [-0.39, 0.29) is 23.3 Å². The molecule has 1 N–H and O–H groups in total. The summed E-state index contributed by atoms with van der Waals surface area (Å²) in [6, 6.07) is 5.66. The van der Waals surface area contributed by atoms with E-state index >= 15 is 0 Å². The van der Waals surface area contributed by atoms with Gasteiger partial charge in [-0.3, -0.25) is 24.4 Å². The summed E-state index contributed by atoms with van der Waals surface area (Å²) in [6.45, 7) is 4.65. The minimum atomic E-state index is -0.165. The molecular formula is C20H22N6O2. The predicted octanol–water partition coefficient (Wildman–Crippen LogP) is 2.35. The average Bonchev–Trinajstić information content (AvgIpc) is 3.40. The number of aryl methyl sites for hydroxylation is 2. The Morgan fingerprint density at radius 1 is 1.21 bits per heavy atom. The molecule has 8 nitrogen and oxygen atoms in total. The van der Waals surface area contributed by atoms with Crippen LogP contribution in [0.1, 0.15) is 51.6 Å². The van der Waals surface area contributed by atoms with Gasteiger partial charge in [0.25, 0.3) is 5.91 Å². The summed E-state index contributed by atoms with van der Waals surface area (Å²) in [5, 5.41) is 10.8. The number of pyridine rings is 1. The minimum absolute atomic E-state index is 0.136. The lowest BCUT2D eigenvalue weighted by molar-refractivity contribution is 0.0784. The Kier molecular flexibility index (Phi) is 4.54. The quantitative estimate of drug-likeness (QED) is 0.703. The third-order valence-electron chi connectivity index (χ3n) is 5.07. The summed E-state index contributed by atoms with van der Waals surface area (Å²) < 4.78 is 1.78. The van der Waals surface area contributed by atoms with Gasteiger partial charge in [-0.2, -0.15) is 10.2 Å². The highest BCUT2D eigenvalue weighted by Gasteiger charge is 2.30. The second-order valence-electron chi connectivity index (χ2n) is 7.28. The number of aromatic amines is 1. The Balaban J connectivity index is 1.53. The van der Waals surface area contributed by atoms with Crippen LogP contribution in [0.25, 0.3) is 11.1 Å². The molecule has 0 aromatic carbocycles. The predicted molar refractivity (Wildman–Crippen MR) is 103 cm³/mol. The summed E-state index contributed by atoms with van der Waals surface area (Å²) >= 11 is 0. The van der Waals surface area contributed by atoms with Crippen molar-refractivity contribution in [2.45, 2.75) is 26.2 Å². The highest BCUT2D eigenvalue weighted by atomic mass is 16.2. The zero-order valence-corrected chi connectivity index (χ0v) is 16.1. The summed E-state index contributed by atoms with van der Waals surface area (Å²) in [5.74, 6) is -0.126. The molecule has 3 aromatic rings. The number of rotatable bonds is 4. The normalized spacial score (nSPS) is 16.5. The van der Waals surface area contributed by atoms with Crippen molar-refractivity contribution in [3.8, 4) is 11.1 Å². The number of amides is 1. The number of aromatic nitrogens is 5. The molecule has 0 saturated carbocycles. The van der Waals surface area contributed by atoms with Crippen molar-refractivity contribution < 1.29 is 9.59 Å². The number of H-pyrrole nitrogens is 1. The molecule has 144 valence electrons. The van der Waals surface area contributed by atoms with Crippen molar-refractivity contribution in [1.82, 2.24) is 29.9 Å². The maximum Gasteiger partial charge on any atom is 0.271 e. The number of carbonyl (C=O) groups excluding carboxylic acids is 2. The number of nitrogens with zero attached hydrogens (tertiary/aromatic N) is 5. The van der Waals surface area contributed by atoms with Crippen LogP contribution in [-0.2, 0) is 7.05 Å². The monoisotopic (exact) mass is 378 g/mol. The lowest BCUT2D eigenvalue weighted by Crippen LogP contribution is -2.28. The maximum atomic E-state index is 12.7. The highest BCUT2D eigenvalue weighted by Crippen LogP contribution is 2.30. The van der Waals surface area contributed by atoms with Crippen molar-refractivity contribution in [2.75, 3.05) is 13.1 Å². The van der Waals surface area contributed by atoms with Crippen molar-refractivity contribution in [1.29, 1.82) is 0 Å². The standard InChI is InChI=1S/C20H22N6O2/c1-12-6-15(16-9-21-25(3)10-16)7-18(22-12)14-4-5-26(11-14)20(28)19-8-17(13(2)27)23-24-19/h6-10,14H,4-5,11H2,1-3H3,(H,23,24). The molecule has 0 spiro atoms. The van der Waals surface area contributed by atoms with Crippen molar-refractivity contribution in [2.24, 2.45) is 7.05 Å². The zero-order chi connectivity index (χ0) is 19.8. The van der Waals surface area contributed by atoms with Crippen molar-refractivity contribution in [3.05, 3.63) is 53.4 Å². The van der Waals surface area contributed by atoms with E-state index in [1.54, 1.807) is 9.58 Å². The number of hydrogen-bond donors (Lipinski definition) is 1. The van der Waals surface area contributed by atoms with Crippen molar-refractivity contribution >= 4 is 11.7 Å². The van der Waals surface area contributed by atoms with Crippen LogP contribution in [0.5, 0.6) is 0 Å². The van der Waals surface area contributed by atoms with Crippen LogP contribution in [0.2, 0.25) is 0 Å². The van der Waals surface area contributed by atoms with Gasteiger partial charge in [-0.25, -0.2) is 0 Å². The number of Topliss-reactive ketones (excluding diaryl/α,β-unsaturated/α-hetero) is 1. The van der Waals surface area contributed by atoms with E-state index in [1.165, 1.54) is 13.0 Å². The number of nitrogens with one attached hydrogen (secondary N) is 1. The van der Waals surface area contributed by atoms with Gasteiger partial charge in [0.2, 0.25) is 0 Å². The van der Waals surface area contributed by atoms with E-state index in [1.807, 2.05) is 32.4 Å². The van der Waals surface area contributed by atoms with E-state index in [9.17, 15) is 9.59 Å². The van der Waals surface area contributed by atoms with E-state index in [0.29, 0.717) is 18.8 Å². The van der Waals surface area contributed by atoms with Crippen molar-refractivity contribution in [3.63, 3.8) is 0 Å². The van der Waals surface area contributed by atoms with E-state index < -0.39 is 0 Å². The Morgan fingerprint density at radius 2 is 2.04 bits per heavy atom. The fourth-order valence-corrected chi connectivity index (χ4v) is 3.61.